The zero-order valence-corrected chi connectivity index (χ0v) is 18.8. The molecule has 1 atom stereocenters. The van der Waals surface area contributed by atoms with E-state index >= 15 is 0 Å². The first kappa shape index (κ1) is 23.5. The van der Waals surface area contributed by atoms with Gasteiger partial charge in [-0.1, -0.05) is 55.8 Å². The van der Waals surface area contributed by atoms with E-state index in [2.05, 4.69) is 5.32 Å². The van der Waals surface area contributed by atoms with Crippen LogP contribution in [0.25, 0.3) is 0 Å². The summed E-state index contributed by atoms with van der Waals surface area (Å²) in [6.07, 6.45) is 1.39. The fraction of sp³-hybridized carbons (Fsp3) is 0.440. The molecule has 5 nitrogen and oxygen atoms in total. The van der Waals surface area contributed by atoms with Crippen LogP contribution in [-0.2, 0) is 16.1 Å². The van der Waals surface area contributed by atoms with E-state index in [4.69, 9.17) is 4.74 Å². The Bertz CT molecular complexity index is 863. The van der Waals surface area contributed by atoms with Crippen LogP contribution in [0.1, 0.15) is 48.9 Å². The van der Waals surface area contributed by atoms with Crippen molar-refractivity contribution < 1.29 is 14.3 Å². The summed E-state index contributed by atoms with van der Waals surface area (Å²) in [6, 6.07) is 13.3. The Morgan fingerprint density at radius 2 is 1.77 bits per heavy atom. The van der Waals surface area contributed by atoms with Gasteiger partial charge < -0.3 is 15.0 Å². The SMILES string of the molecule is CCCNC(=O)[C@@H](CC)N(Cc1ccccc1C)C(=O)COc1ccc(C)cc1C. The van der Waals surface area contributed by atoms with E-state index in [-0.39, 0.29) is 18.4 Å². The predicted molar refractivity (Wildman–Crippen MR) is 121 cm³/mol. The summed E-state index contributed by atoms with van der Waals surface area (Å²) in [5.41, 5.74) is 4.25. The minimum absolute atomic E-state index is 0.104. The number of aryl methyl sites for hydroxylation is 3. The molecule has 0 spiro atoms. The van der Waals surface area contributed by atoms with E-state index in [9.17, 15) is 9.59 Å². The molecule has 0 aromatic heterocycles. The highest BCUT2D eigenvalue weighted by Gasteiger charge is 2.29. The van der Waals surface area contributed by atoms with Crippen LogP contribution >= 0.6 is 0 Å². The summed E-state index contributed by atoms with van der Waals surface area (Å²) in [4.78, 5) is 27.6. The van der Waals surface area contributed by atoms with Crippen LogP contribution in [0, 0.1) is 20.8 Å². The second kappa shape index (κ2) is 11.4. The second-order valence-corrected chi connectivity index (χ2v) is 7.72. The van der Waals surface area contributed by atoms with Gasteiger partial charge in [0.1, 0.15) is 11.8 Å². The lowest BCUT2D eigenvalue weighted by Crippen LogP contribution is -2.50. The highest BCUT2D eigenvalue weighted by molar-refractivity contribution is 5.88. The molecule has 0 saturated heterocycles. The van der Waals surface area contributed by atoms with E-state index in [0.717, 1.165) is 28.7 Å². The van der Waals surface area contributed by atoms with Crippen LogP contribution in [0.2, 0.25) is 0 Å². The number of hydrogen-bond acceptors (Lipinski definition) is 3. The lowest BCUT2D eigenvalue weighted by atomic mass is 10.1. The van der Waals surface area contributed by atoms with E-state index in [0.29, 0.717) is 25.3 Å². The topological polar surface area (TPSA) is 58.6 Å². The van der Waals surface area contributed by atoms with Gasteiger partial charge in [-0.3, -0.25) is 9.59 Å². The van der Waals surface area contributed by atoms with E-state index in [1.54, 1.807) is 4.90 Å². The highest BCUT2D eigenvalue weighted by Crippen LogP contribution is 2.20. The average Bonchev–Trinajstić information content (AvgIpc) is 2.72. The molecular formula is C25H34N2O3. The second-order valence-electron chi connectivity index (χ2n) is 7.72. The number of rotatable bonds is 10. The molecule has 5 heteroatoms. The number of carbonyl (C=O) groups is 2. The maximum atomic E-state index is 13.2. The molecule has 2 aromatic carbocycles. The van der Waals surface area contributed by atoms with Crippen molar-refractivity contribution in [2.45, 2.75) is 60.0 Å². The third-order valence-electron chi connectivity index (χ3n) is 5.22. The zero-order chi connectivity index (χ0) is 22.1. The van der Waals surface area contributed by atoms with Gasteiger partial charge in [-0.15, -0.1) is 0 Å². The van der Waals surface area contributed by atoms with Crippen molar-refractivity contribution >= 4 is 11.8 Å². The number of nitrogens with one attached hydrogen (secondary N) is 1. The molecule has 0 heterocycles. The Labute approximate surface area is 180 Å². The van der Waals surface area contributed by atoms with Crippen LogP contribution in [0.4, 0.5) is 0 Å². The van der Waals surface area contributed by atoms with Crippen molar-refractivity contribution in [3.63, 3.8) is 0 Å². The fourth-order valence-electron chi connectivity index (χ4n) is 3.44. The Morgan fingerprint density at radius 1 is 1.03 bits per heavy atom. The van der Waals surface area contributed by atoms with Crippen molar-refractivity contribution in [1.82, 2.24) is 10.2 Å². The normalized spacial score (nSPS) is 11.6. The Hall–Kier alpha value is -2.82. The molecule has 2 amide bonds. The van der Waals surface area contributed by atoms with Gasteiger partial charge in [0.05, 0.1) is 0 Å². The van der Waals surface area contributed by atoms with Gasteiger partial charge in [-0.2, -0.15) is 0 Å². The number of nitrogens with zero attached hydrogens (tertiary/aromatic N) is 1. The molecule has 2 aromatic rings. The fourth-order valence-corrected chi connectivity index (χ4v) is 3.44. The van der Waals surface area contributed by atoms with Crippen LogP contribution in [0.5, 0.6) is 5.75 Å². The molecular weight excluding hydrogens is 376 g/mol. The summed E-state index contributed by atoms with van der Waals surface area (Å²) < 4.78 is 5.84. The van der Waals surface area contributed by atoms with Gasteiger partial charge in [-0.25, -0.2) is 0 Å². The van der Waals surface area contributed by atoms with E-state index in [1.807, 2.05) is 77.1 Å². The van der Waals surface area contributed by atoms with Crippen LogP contribution in [0.3, 0.4) is 0 Å². The minimum Gasteiger partial charge on any atom is -0.483 e. The summed E-state index contributed by atoms with van der Waals surface area (Å²) in [7, 11) is 0. The molecule has 1 N–H and O–H groups in total. The Balaban J connectivity index is 2.22. The number of amides is 2. The summed E-state index contributed by atoms with van der Waals surface area (Å²) in [5, 5.41) is 2.93. The quantitative estimate of drug-likeness (QED) is 0.634. The average molecular weight is 411 g/mol. The maximum absolute atomic E-state index is 13.2. The van der Waals surface area contributed by atoms with Gasteiger partial charge in [0.2, 0.25) is 5.91 Å². The first-order valence-electron chi connectivity index (χ1n) is 10.7. The van der Waals surface area contributed by atoms with E-state index in [1.165, 1.54) is 0 Å². The molecule has 162 valence electrons. The number of carbonyl (C=O) groups excluding carboxylic acids is 2. The molecule has 0 unspecified atom stereocenters. The first-order valence-corrected chi connectivity index (χ1v) is 10.7. The van der Waals surface area contributed by atoms with Crippen molar-refractivity contribution in [2.75, 3.05) is 13.2 Å². The van der Waals surface area contributed by atoms with Gasteiger partial charge >= 0.3 is 0 Å². The lowest BCUT2D eigenvalue weighted by Gasteiger charge is -2.31. The molecule has 0 aliphatic carbocycles. The Kier molecular flexibility index (Phi) is 8.90. The summed E-state index contributed by atoms with van der Waals surface area (Å²) in [6.45, 7) is 10.8. The van der Waals surface area contributed by atoms with Gasteiger partial charge in [0.15, 0.2) is 6.61 Å². The third-order valence-corrected chi connectivity index (χ3v) is 5.22. The molecule has 0 saturated carbocycles. The van der Waals surface area contributed by atoms with Crippen molar-refractivity contribution in [3.05, 3.63) is 64.7 Å². The maximum Gasteiger partial charge on any atom is 0.261 e. The molecule has 0 aliphatic rings. The molecule has 0 bridgehead atoms. The molecule has 0 aliphatic heterocycles. The molecule has 2 rings (SSSR count). The van der Waals surface area contributed by atoms with E-state index < -0.39 is 6.04 Å². The van der Waals surface area contributed by atoms with Gasteiger partial charge in [0.25, 0.3) is 5.91 Å². The molecule has 0 radical (unpaired) electrons. The Morgan fingerprint density at radius 3 is 2.40 bits per heavy atom. The smallest absolute Gasteiger partial charge is 0.261 e. The number of hydrogen-bond donors (Lipinski definition) is 1. The van der Waals surface area contributed by atoms with Crippen molar-refractivity contribution in [2.24, 2.45) is 0 Å². The van der Waals surface area contributed by atoms with Gasteiger partial charge in [0, 0.05) is 13.1 Å². The van der Waals surface area contributed by atoms with Crippen LogP contribution < -0.4 is 10.1 Å². The standard InChI is InChI=1S/C25H34N2O3/c1-6-14-26-25(29)22(7-2)27(16-21-11-9-8-10-19(21)4)24(28)17-30-23-13-12-18(3)15-20(23)5/h8-13,15,22H,6-7,14,16-17H2,1-5H3,(H,26,29)/t22-/m1/s1. The minimum atomic E-state index is -0.536. The summed E-state index contributed by atoms with van der Waals surface area (Å²) in [5.74, 6) is 0.373. The first-order chi connectivity index (χ1) is 14.4. The monoisotopic (exact) mass is 410 g/mol. The zero-order valence-electron chi connectivity index (χ0n) is 18.8. The van der Waals surface area contributed by atoms with Crippen molar-refractivity contribution in [1.29, 1.82) is 0 Å². The van der Waals surface area contributed by atoms with Crippen LogP contribution in [-0.4, -0.2) is 35.9 Å². The summed E-state index contributed by atoms with van der Waals surface area (Å²) >= 11 is 0. The lowest BCUT2D eigenvalue weighted by molar-refractivity contribution is -0.143. The van der Waals surface area contributed by atoms with Crippen molar-refractivity contribution in [3.8, 4) is 5.75 Å². The highest BCUT2D eigenvalue weighted by atomic mass is 16.5. The molecule has 0 fully saturated rings. The molecule has 30 heavy (non-hydrogen) atoms. The number of benzene rings is 2. The van der Waals surface area contributed by atoms with Crippen LogP contribution in [0.15, 0.2) is 42.5 Å². The third kappa shape index (κ3) is 6.34. The largest absolute Gasteiger partial charge is 0.483 e. The van der Waals surface area contributed by atoms with Gasteiger partial charge in [-0.05, 0) is 56.4 Å². The predicted octanol–water partition coefficient (Wildman–Crippen LogP) is 4.32. The number of ether oxygens (including phenoxy) is 1.